The Hall–Kier alpha value is -2.14. The van der Waals surface area contributed by atoms with Crippen molar-refractivity contribution in [1.29, 1.82) is 0 Å². The molecule has 5 nitrogen and oxygen atoms in total. The minimum absolute atomic E-state index is 0.151. The third-order valence-electron chi connectivity index (χ3n) is 3.90. The lowest BCUT2D eigenvalue weighted by Crippen LogP contribution is -2.36. The smallest absolute Gasteiger partial charge is 0.323 e. The average molecular weight is 300 g/mol. The van der Waals surface area contributed by atoms with Gasteiger partial charge < -0.3 is 9.26 Å². The van der Waals surface area contributed by atoms with Crippen molar-refractivity contribution in [3.63, 3.8) is 0 Å². The molecule has 0 saturated carbocycles. The molecular formula is C17H20N2O3. The fourth-order valence-corrected chi connectivity index (χ4v) is 2.81. The maximum atomic E-state index is 12.3. The summed E-state index contributed by atoms with van der Waals surface area (Å²) in [5, 5.41) is 4.00. The number of ether oxygens (including phenoxy) is 1. The van der Waals surface area contributed by atoms with Crippen molar-refractivity contribution in [2.24, 2.45) is 0 Å². The molecule has 1 atom stereocenters. The number of rotatable bonds is 5. The molecule has 0 aliphatic carbocycles. The number of likely N-dealkylation sites (tertiary alicyclic amines) is 1. The van der Waals surface area contributed by atoms with Crippen LogP contribution in [0.2, 0.25) is 0 Å². The second-order valence-electron chi connectivity index (χ2n) is 5.65. The largest absolute Gasteiger partial charge is 0.460 e. The highest BCUT2D eigenvalue weighted by atomic mass is 16.5. The molecule has 0 amide bonds. The molecule has 1 saturated heterocycles. The Morgan fingerprint density at radius 3 is 2.95 bits per heavy atom. The van der Waals surface area contributed by atoms with E-state index in [1.54, 1.807) is 0 Å². The van der Waals surface area contributed by atoms with Gasteiger partial charge in [0, 0.05) is 12.6 Å². The molecular weight excluding hydrogens is 280 g/mol. The first-order chi connectivity index (χ1) is 10.7. The molecule has 1 aromatic carbocycles. The van der Waals surface area contributed by atoms with Gasteiger partial charge in [-0.1, -0.05) is 35.5 Å². The Labute approximate surface area is 129 Å². The Balaban J connectivity index is 1.56. The molecule has 0 N–H and O–H groups in total. The first-order valence-corrected chi connectivity index (χ1v) is 7.59. The van der Waals surface area contributed by atoms with Crippen LogP contribution < -0.4 is 0 Å². The van der Waals surface area contributed by atoms with Crippen LogP contribution in [0.1, 0.15) is 29.9 Å². The van der Waals surface area contributed by atoms with E-state index < -0.39 is 0 Å². The second-order valence-corrected chi connectivity index (χ2v) is 5.65. The summed E-state index contributed by atoms with van der Waals surface area (Å²) in [5.74, 6) is 0.638. The maximum absolute atomic E-state index is 12.3. The van der Waals surface area contributed by atoms with Crippen molar-refractivity contribution in [3.8, 4) is 0 Å². The van der Waals surface area contributed by atoms with Crippen molar-refractivity contribution < 1.29 is 14.1 Å². The number of aromatic nitrogens is 1. The lowest BCUT2D eigenvalue weighted by Gasteiger charge is -2.21. The van der Waals surface area contributed by atoms with Gasteiger partial charge in [-0.25, -0.2) is 0 Å². The molecule has 1 aliphatic heterocycles. The van der Waals surface area contributed by atoms with Crippen molar-refractivity contribution in [3.05, 3.63) is 53.4 Å². The third kappa shape index (κ3) is 3.54. The standard InChI is InChI=1S/C17H20N2O3/c1-13-10-15(18-22-13)11-19-9-5-8-16(19)17(20)21-12-14-6-3-2-4-7-14/h2-4,6-7,10,16H,5,8-9,11-12H2,1H3/t16-/m1/s1. The predicted octanol–water partition coefficient (Wildman–Crippen LogP) is 2.69. The van der Waals surface area contributed by atoms with Crippen molar-refractivity contribution in [2.75, 3.05) is 6.54 Å². The summed E-state index contributed by atoms with van der Waals surface area (Å²) in [6.07, 6.45) is 1.84. The van der Waals surface area contributed by atoms with Gasteiger partial charge in [0.05, 0.1) is 5.69 Å². The summed E-state index contributed by atoms with van der Waals surface area (Å²) >= 11 is 0. The number of carbonyl (C=O) groups is 1. The third-order valence-corrected chi connectivity index (χ3v) is 3.90. The number of carbonyl (C=O) groups excluding carboxylic acids is 1. The van der Waals surface area contributed by atoms with E-state index in [9.17, 15) is 4.79 Å². The lowest BCUT2D eigenvalue weighted by molar-refractivity contribution is -0.150. The molecule has 22 heavy (non-hydrogen) atoms. The Morgan fingerprint density at radius 2 is 2.23 bits per heavy atom. The fraction of sp³-hybridized carbons (Fsp3) is 0.412. The van der Waals surface area contributed by atoms with E-state index >= 15 is 0 Å². The van der Waals surface area contributed by atoms with Crippen LogP contribution in [-0.2, 0) is 22.7 Å². The van der Waals surface area contributed by atoms with E-state index in [0.29, 0.717) is 13.2 Å². The first kappa shape index (κ1) is 14.8. The van der Waals surface area contributed by atoms with Crippen LogP contribution in [0, 0.1) is 6.92 Å². The normalized spacial score (nSPS) is 18.5. The zero-order valence-corrected chi connectivity index (χ0v) is 12.7. The number of hydrogen-bond donors (Lipinski definition) is 0. The van der Waals surface area contributed by atoms with E-state index in [0.717, 1.165) is 36.4 Å². The molecule has 116 valence electrons. The van der Waals surface area contributed by atoms with E-state index in [2.05, 4.69) is 10.1 Å². The molecule has 3 rings (SSSR count). The van der Waals surface area contributed by atoms with Crippen molar-refractivity contribution >= 4 is 5.97 Å². The number of esters is 1. The minimum atomic E-state index is -0.180. The first-order valence-electron chi connectivity index (χ1n) is 7.59. The Morgan fingerprint density at radius 1 is 1.41 bits per heavy atom. The molecule has 2 heterocycles. The van der Waals surface area contributed by atoms with Gasteiger partial charge in [-0.15, -0.1) is 0 Å². The Bertz CT molecular complexity index is 624. The maximum Gasteiger partial charge on any atom is 0.323 e. The number of benzene rings is 1. The van der Waals surface area contributed by atoms with E-state index in [1.165, 1.54) is 0 Å². The molecule has 0 radical (unpaired) electrons. The van der Waals surface area contributed by atoms with Gasteiger partial charge in [0.1, 0.15) is 18.4 Å². The summed E-state index contributed by atoms with van der Waals surface area (Å²) in [5.41, 5.74) is 1.87. The summed E-state index contributed by atoms with van der Waals surface area (Å²) in [6, 6.07) is 11.5. The summed E-state index contributed by atoms with van der Waals surface area (Å²) in [7, 11) is 0. The van der Waals surface area contributed by atoms with Gasteiger partial charge >= 0.3 is 5.97 Å². The molecule has 5 heteroatoms. The molecule has 0 unspecified atom stereocenters. The average Bonchev–Trinajstić information content (AvgIpc) is 3.15. The minimum Gasteiger partial charge on any atom is -0.460 e. The predicted molar refractivity (Wildman–Crippen MR) is 80.9 cm³/mol. The zero-order chi connectivity index (χ0) is 15.4. The molecule has 2 aromatic rings. The summed E-state index contributed by atoms with van der Waals surface area (Å²) in [6.45, 7) is 3.71. The quantitative estimate of drug-likeness (QED) is 0.795. The SMILES string of the molecule is Cc1cc(CN2CCC[C@@H]2C(=O)OCc2ccccc2)no1. The van der Waals surface area contributed by atoms with Gasteiger partial charge in [0.2, 0.25) is 0 Å². The van der Waals surface area contributed by atoms with Crippen LogP contribution in [0.3, 0.4) is 0 Å². The number of hydrogen-bond acceptors (Lipinski definition) is 5. The lowest BCUT2D eigenvalue weighted by atomic mass is 10.2. The van der Waals surface area contributed by atoms with Crippen LogP contribution in [0.25, 0.3) is 0 Å². The van der Waals surface area contributed by atoms with Gasteiger partial charge in [-0.05, 0) is 31.9 Å². The van der Waals surface area contributed by atoms with Gasteiger partial charge in [0.25, 0.3) is 0 Å². The number of aryl methyl sites for hydroxylation is 1. The zero-order valence-electron chi connectivity index (χ0n) is 12.7. The van der Waals surface area contributed by atoms with Crippen molar-refractivity contribution in [1.82, 2.24) is 10.1 Å². The number of nitrogens with zero attached hydrogens (tertiary/aromatic N) is 2. The second kappa shape index (κ2) is 6.75. The van der Waals surface area contributed by atoms with Crippen LogP contribution >= 0.6 is 0 Å². The molecule has 1 aromatic heterocycles. The highest BCUT2D eigenvalue weighted by Gasteiger charge is 2.32. The van der Waals surface area contributed by atoms with E-state index in [4.69, 9.17) is 9.26 Å². The topological polar surface area (TPSA) is 55.6 Å². The molecule has 1 fully saturated rings. The van der Waals surface area contributed by atoms with Crippen LogP contribution in [0.4, 0.5) is 0 Å². The fourth-order valence-electron chi connectivity index (χ4n) is 2.81. The van der Waals surface area contributed by atoms with E-state index in [-0.39, 0.29) is 12.0 Å². The van der Waals surface area contributed by atoms with Gasteiger partial charge in [-0.3, -0.25) is 9.69 Å². The van der Waals surface area contributed by atoms with Crippen LogP contribution in [0.5, 0.6) is 0 Å². The molecule has 0 bridgehead atoms. The highest BCUT2D eigenvalue weighted by molar-refractivity contribution is 5.76. The van der Waals surface area contributed by atoms with Gasteiger partial charge in [-0.2, -0.15) is 0 Å². The molecule has 0 spiro atoms. The summed E-state index contributed by atoms with van der Waals surface area (Å²) < 4.78 is 10.5. The highest BCUT2D eigenvalue weighted by Crippen LogP contribution is 2.21. The summed E-state index contributed by atoms with van der Waals surface area (Å²) in [4.78, 5) is 14.4. The van der Waals surface area contributed by atoms with Crippen LogP contribution in [-0.4, -0.2) is 28.6 Å². The molecule has 1 aliphatic rings. The van der Waals surface area contributed by atoms with E-state index in [1.807, 2.05) is 43.3 Å². The Kier molecular flexibility index (Phi) is 4.53. The van der Waals surface area contributed by atoms with Crippen LogP contribution in [0.15, 0.2) is 40.9 Å². The monoisotopic (exact) mass is 300 g/mol. The van der Waals surface area contributed by atoms with Crippen molar-refractivity contribution in [2.45, 2.75) is 39.0 Å². The van der Waals surface area contributed by atoms with Gasteiger partial charge in [0.15, 0.2) is 0 Å².